The van der Waals surface area contributed by atoms with Crippen LogP contribution < -0.4 is 11.3 Å². The molecule has 0 aromatic carbocycles. The predicted molar refractivity (Wildman–Crippen MR) is 66.7 cm³/mol. The number of guanidine groups is 1. The molecule has 0 aliphatic rings. The SMILES string of the molecule is CCCCN(CCCC)C(=NCC)NN. The molecule has 0 fully saturated rings. The van der Waals surface area contributed by atoms with E-state index in [1.807, 2.05) is 6.92 Å². The Morgan fingerprint density at radius 3 is 2.00 bits per heavy atom. The fourth-order valence-corrected chi connectivity index (χ4v) is 1.41. The van der Waals surface area contributed by atoms with Gasteiger partial charge in [-0.05, 0) is 19.8 Å². The molecule has 0 amide bonds. The first kappa shape index (κ1) is 14.2. The van der Waals surface area contributed by atoms with Crippen LogP contribution in [-0.2, 0) is 0 Å². The largest absolute Gasteiger partial charge is 0.342 e. The summed E-state index contributed by atoms with van der Waals surface area (Å²) in [4.78, 5) is 6.60. The maximum absolute atomic E-state index is 5.48. The molecule has 0 aromatic heterocycles. The fraction of sp³-hybridized carbons (Fsp3) is 0.909. The van der Waals surface area contributed by atoms with E-state index in [0.29, 0.717) is 0 Å². The van der Waals surface area contributed by atoms with Crippen molar-refractivity contribution in [1.82, 2.24) is 10.3 Å². The van der Waals surface area contributed by atoms with Gasteiger partial charge in [0.2, 0.25) is 5.96 Å². The van der Waals surface area contributed by atoms with E-state index in [-0.39, 0.29) is 0 Å². The van der Waals surface area contributed by atoms with E-state index in [2.05, 4.69) is 29.2 Å². The van der Waals surface area contributed by atoms with Crippen LogP contribution in [0.1, 0.15) is 46.5 Å². The monoisotopic (exact) mass is 214 g/mol. The van der Waals surface area contributed by atoms with Gasteiger partial charge in [0.05, 0.1) is 0 Å². The van der Waals surface area contributed by atoms with Gasteiger partial charge in [0.1, 0.15) is 0 Å². The number of rotatable bonds is 7. The maximum atomic E-state index is 5.48. The standard InChI is InChI=1S/C11H26N4/c1-4-7-9-15(10-8-5-2)11(14-12)13-6-3/h4-10,12H2,1-3H3,(H,13,14). The number of aliphatic imine (C=N–C) groups is 1. The summed E-state index contributed by atoms with van der Waals surface area (Å²) in [6, 6.07) is 0. The van der Waals surface area contributed by atoms with Crippen LogP contribution in [0, 0.1) is 0 Å². The molecule has 0 saturated heterocycles. The Bertz CT molecular complexity index is 160. The van der Waals surface area contributed by atoms with Crippen LogP contribution in [0.4, 0.5) is 0 Å². The second-order valence-electron chi connectivity index (χ2n) is 3.64. The third-order valence-electron chi connectivity index (χ3n) is 2.30. The Kier molecular flexibility index (Phi) is 9.27. The summed E-state index contributed by atoms with van der Waals surface area (Å²) in [5.74, 6) is 6.31. The fourth-order valence-electron chi connectivity index (χ4n) is 1.41. The average Bonchev–Trinajstić information content (AvgIpc) is 2.27. The second-order valence-corrected chi connectivity index (χ2v) is 3.64. The quantitative estimate of drug-likeness (QED) is 0.294. The van der Waals surface area contributed by atoms with Crippen molar-refractivity contribution in [2.75, 3.05) is 19.6 Å². The van der Waals surface area contributed by atoms with E-state index in [1.165, 1.54) is 25.7 Å². The number of nitrogens with two attached hydrogens (primary N) is 1. The highest BCUT2D eigenvalue weighted by Crippen LogP contribution is 1.99. The number of hydrogen-bond donors (Lipinski definition) is 2. The number of nitrogens with one attached hydrogen (secondary N) is 1. The first-order valence-corrected chi connectivity index (χ1v) is 6.06. The summed E-state index contributed by atoms with van der Waals surface area (Å²) in [5.41, 5.74) is 2.70. The molecule has 0 aromatic rings. The third kappa shape index (κ3) is 6.33. The topological polar surface area (TPSA) is 53.6 Å². The summed E-state index contributed by atoms with van der Waals surface area (Å²) in [5, 5.41) is 0. The van der Waals surface area contributed by atoms with Crippen molar-refractivity contribution in [3.8, 4) is 0 Å². The van der Waals surface area contributed by atoms with Gasteiger partial charge >= 0.3 is 0 Å². The minimum atomic E-state index is 0.772. The van der Waals surface area contributed by atoms with E-state index in [1.54, 1.807) is 0 Å². The van der Waals surface area contributed by atoms with Gasteiger partial charge in [-0.25, -0.2) is 5.84 Å². The van der Waals surface area contributed by atoms with Gasteiger partial charge in [0.15, 0.2) is 0 Å². The smallest absolute Gasteiger partial charge is 0.208 e. The number of hydrazine groups is 1. The predicted octanol–water partition coefficient (Wildman–Crippen LogP) is 1.73. The van der Waals surface area contributed by atoms with Gasteiger partial charge in [0, 0.05) is 19.6 Å². The van der Waals surface area contributed by atoms with Crippen LogP contribution in [-0.4, -0.2) is 30.5 Å². The average molecular weight is 214 g/mol. The number of unbranched alkanes of at least 4 members (excludes halogenated alkanes) is 2. The van der Waals surface area contributed by atoms with Gasteiger partial charge in [-0.1, -0.05) is 26.7 Å². The van der Waals surface area contributed by atoms with Gasteiger partial charge < -0.3 is 4.90 Å². The molecule has 0 aliphatic heterocycles. The summed E-state index contributed by atoms with van der Waals surface area (Å²) in [6.07, 6.45) is 4.78. The van der Waals surface area contributed by atoms with Crippen molar-refractivity contribution in [3.05, 3.63) is 0 Å². The summed E-state index contributed by atoms with van der Waals surface area (Å²) in [6.45, 7) is 9.28. The first-order chi connectivity index (χ1) is 7.29. The van der Waals surface area contributed by atoms with Gasteiger partial charge in [-0.3, -0.25) is 10.4 Å². The highest BCUT2D eigenvalue weighted by molar-refractivity contribution is 5.79. The van der Waals surface area contributed by atoms with Crippen molar-refractivity contribution in [3.63, 3.8) is 0 Å². The Balaban J connectivity index is 4.22. The molecule has 0 saturated carbocycles. The molecule has 15 heavy (non-hydrogen) atoms. The lowest BCUT2D eigenvalue weighted by molar-refractivity contribution is 0.384. The summed E-state index contributed by atoms with van der Waals surface area (Å²) >= 11 is 0. The highest BCUT2D eigenvalue weighted by atomic mass is 15.4. The maximum Gasteiger partial charge on any atom is 0.208 e. The Hall–Kier alpha value is -0.770. The lowest BCUT2D eigenvalue weighted by Gasteiger charge is -2.25. The molecule has 0 spiro atoms. The van der Waals surface area contributed by atoms with Crippen molar-refractivity contribution < 1.29 is 0 Å². The summed E-state index contributed by atoms with van der Waals surface area (Å²) in [7, 11) is 0. The first-order valence-electron chi connectivity index (χ1n) is 6.06. The summed E-state index contributed by atoms with van der Waals surface area (Å²) < 4.78 is 0. The van der Waals surface area contributed by atoms with Gasteiger partial charge in [-0.15, -0.1) is 0 Å². The van der Waals surface area contributed by atoms with Gasteiger partial charge in [-0.2, -0.15) is 0 Å². The number of hydrogen-bond acceptors (Lipinski definition) is 2. The molecule has 4 heteroatoms. The lowest BCUT2D eigenvalue weighted by Crippen LogP contribution is -2.45. The van der Waals surface area contributed by atoms with Crippen LogP contribution in [0.3, 0.4) is 0 Å². The van der Waals surface area contributed by atoms with Crippen molar-refractivity contribution in [1.29, 1.82) is 0 Å². The molecule has 0 unspecified atom stereocenters. The van der Waals surface area contributed by atoms with Crippen molar-refractivity contribution in [2.24, 2.45) is 10.8 Å². The van der Waals surface area contributed by atoms with E-state index < -0.39 is 0 Å². The molecule has 0 aliphatic carbocycles. The molecule has 0 atom stereocenters. The molecule has 0 rings (SSSR count). The zero-order valence-corrected chi connectivity index (χ0v) is 10.4. The van der Waals surface area contributed by atoms with Crippen LogP contribution in [0.5, 0.6) is 0 Å². The Morgan fingerprint density at radius 1 is 1.13 bits per heavy atom. The molecule has 0 bridgehead atoms. The lowest BCUT2D eigenvalue weighted by atomic mass is 10.3. The minimum absolute atomic E-state index is 0.772. The zero-order chi connectivity index (χ0) is 11.5. The molecular formula is C11H26N4. The zero-order valence-electron chi connectivity index (χ0n) is 10.4. The van der Waals surface area contributed by atoms with Crippen LogP contribution >= 0.6 is 0 Å². The number of nitrogens with zero attached hydrogens (tertiary/aromatic N) is 2. The van der Waals surface area contributed by atoms with Crippen molar-refractivity contribution >= 4 is 5.96 Å². The van der Waals surface area contributed by atoms with E-state index in [9.17, 15) is 0 Å². The Labute approximate surface area is 93.9 Å². The van der Waals surface area contributed by atoms with E-state index in [0.717, 1.165) is 25.6 Å². The molecule has 0 radical (unpaired) electrons. The van der Waals surface area contributed by atoms with Gasteiger partial charge in [0.25, 0.3) is 0 Å². The van der Waals surface area contributed by atoms with Crippen LogP contribution in [0.15, 0.2) is 4.99 Å². The highest BCUT2D eigenvalue weighted by Gasteiger charge is 2.07. The molecule has 3 N–H and O–H groups in total. The molecule has 0 heterocycles. The normalized spacial score (nSPS) is 11.6. The molecular weight excluding hydrogens is 188 g/mol. The van der Waals surface area contributed by atoms with E-state index in [4.69, 9.17) is 5.84 Å². The minimum Gasteiger partial charge on any atom is -0.342 e. The van der Waals surface area contributed by atoms with Crippen LogP contribution in [0.25, 0.3) is 0 Å². The molecule has 4 nitrogen and oxygen atoms in total. The molecule has 90 valence electrons. The van der Waals surface area contributed by atoms with Crippen molar-refractivity contribution in [2.45, 2.75) is 46.5 Å². The third-order valence-corrected chi connectivity index (χ3v) is 2.30. The van der Waals surface area contributed by atoms with E-state index >= 15 is 0 Å². The van der Waals surface area contributed by atoms with Crippen LogP contribution in [0.2, 0.25) is 0 Å². The Morgan fingerprint density at radius 2 is 1.67 bits per heavy atom. The second kappa shape index (κ2) is 9.77.